The predicted octanol–water partition coefficient (Wildman–Crippen LogP) is 2.68. The summed E-state index contributed by atoms with van der Waals surface area (Å²) in [5.41, 5.74) is 2.70. The van der Waals surface area contributed by atoms with E-state index >= 15 is 0 Å². The summed E-state index contributed by atoms with van der Waals surface area (Å²) in [6.07, 6.45) is 6.17. The molecule has 0 atom stereocenters. The average Bonchev–Trinajstić information content (AvgIpc) is 2.85. The van der Waals surface area contributed by atoms with Gasteiger partial charge in [-0.25, -0.2) is 9.97 Å². The first-order valence-electron chi connectivity index (χ1n) is 6.63. The molecule has 1 aliphatic carbocycles. The summed E-state index contributed by atoms with van der Waals surface area (Å²) < 4.78 is 0. The number of pyridine rings is 1. The number of rotatable bonds is 2. The Morgan fingerprint density at radius 2 is 2.30 bits per heavy atom. The quantitative estimate of drug-likeness (QED) is 0.922. The van der Waals surface area contributed by atoms with Crippen LogP contribution in [0, 0.1) is 0 Å². The number of hydrogen-bond donors (Lipinski definition) is 1. The Morgan fingerprint density at radius 1 is 1.45 bits per heavy atom. The molecule has 2 aromatic rings. The summed E-state index contributed by atoms with van der Waals surface area (Å²) in [6.45, 7) is 2.47. The van der Waals surface area contributed by atoms with E-state index in [2.05, 4.69) is 20.2 Å². The molecule has 2 aliphatic rings. The Balaban J connectivity index is 1.79. The molecule has 3 heterocycles. The number of aromatic nitrogens is 2. The lowest BCUT2D eigenvalue weighted by Gasteiger charge is -2.16. The normalized spacial score (nSPS) is 18.1. The van der Waals surface area contributed by atoms with Crippen molar-refractivity contribution in [2.24, 2.45) is 0 Å². The van der Waals surface area contributed by atoms with Crippen LogP contribution in [0.5, 0.6) is 0 Å². The minimum absolute atomic E-state index is 0.0996. The molecule has 4 rings (SSSR count). The fourth-order valence-electron chi connectivity index (χ4n) is 2.90. The zero-order valence-corrected chi connectivity index (χ0v) is 11.9. The molecule has 1 amide bonds. The second-order valence-corrected chi connectivity index (χ2v) is 6.32. The van der Waals surface area contributed by atoms with E-state index in [1.54, 1.807) is 11.3 Å². The van der Waals surface area contributed by atoms with E-state index in [9.17, 15) is 4.79 Å². The van der Waals surface area contributed by atoms with Crippen molar-refractivity contribution in [2.75, 3.05) is 16.8 Å². The molecule has 6 heteroatoms. The van der Waals surface area contributed by atoms with Gasteiger partial charge in [-0.15, -0.1) is 11.3 Å². The van der Waals surface area contributed by atoms with Gasteiger partial charge in [0.1, 0.15) is 5.82 Å². The molecular formula is C14H14N4OS. The van der Waals surface area contributed by atoms with Crippen molar-refractivity contribution in [3.05, 3.63) is 29.4 Å². The maximum Gasteiger partial charge on any atom is 0.222 e. The summed E-state index contributed by atoms with van der Waals surface area (Å²) in [6, 6.07) is 1.96. The van der Waals surface area contributed by atoms with Crippen LogP contribution in [0.4, 0.5) is 16.6 Å². The van der Waals surface area contributed by atoms with Gasteiger partial charge in [0.15, 0.2) is 5.13 Å². The number of fused-ring (bicyclic) bond motifs is 2. The zero-order valence-electron chi connectivity index (χ0n) is 11.1. The zero-order chi connectivity index (χ0) is 13.7. The number of nitrogens with one attached hydrogen (secondary N) is 1. The summed E-state index contributed by atoms with van der Waals surface area (Å²) in [5, 5.41) is 5.75. The lowest BCUT2D eigenvalue weighted by molar-refractivity contribution is -0.114. The summed E-state index contributed by atoms with van der Waals surface area (Å²) in [5.74, 6) is 0.507. The van der Waals surface area contributed by atoms with Crippen LogP contribution in [0.3, 0.4) is 0 Å². The molecule has 1 aliphatic heterocycles. The molecular weight excluding hydrogens is 272 g/mol. The smallest absolute Gasteiger partial charge is 0.222 e. The van der Waals surface area contributed by atoms with Gasteiger partial charge in [-0.1, -0.05) is 0 Å². The lowest BCUT2D eigenvalue weighted by Crippen LogP contribution is -2.18. The van der Waals surface area contributed by atoms with Gasteiger partial charge >= 0.3 is 0 Å². The van der Waals surface area contributed by atoms with Crippen LogP contribution in [-0.2, 0) is 10.2 Å². The lowest BCUT2D eigenvalue weighted by atomic mass is 10.0. The van der Waals surface area contributed by atoms with E-state index < -0.39 is 0 Å². The summed E-state index contributed by atoms with van der Waals surface area (Å²) in [7, 11) is 0. The third-order valence-corrected chi connectivity index (χ3v) is 4.81. The minimum atomic E-state index is -0.0996. The summed E-state index contributed by atoms with van der Waals surface area (Å²) in [4.78, 5) is 22.2. The number of thiazole rings is 1. The highest BCUT2D eigenvalue weighted by atomic mass is 32.1. The molecule has 0 unspecified atom stereocenters. The predicted molar refractivity (Wildman–Crippen MR) is 78.6 cm³/mol. The van der Waals surface area contributed by atoms with Crippen LogP contribution in [0.25, 0.3) is 0 Å². The van der Waals surface area contributed by atoms with Crippen LogP contribution in [0.1, 0.15) is 25.3 Å². The van der Waals surface area contributed by atoms with E-state index in [0.717, 1.165) is 17.4 Å². The van der Waals surface area contributed by atoms with Gasteiger partial charge in [-0.05, 0) is 12.8 Å². The Labute approximate surface area is 120 Å². The first-order valence-corrected chi connectivity index (χ1v) is 7.51. The molecule has 0 aromatic carbocycles. The van der Waals surface area contributed by atoms with Crippen molar-refractivity contribution < 1.29 is 4.79 Å². The van der Waals surface area contributed by atoms with Gasteiger partial charge in [0.05, 0.1) is 5.69 Å². The van der Waals surface area contributed by atoms with Crippen molar-refractivity contribution >= 4 is 33.9 Å². The number of carbonyl (C=O) groups excluding carboxylic acids is 1. The fourth-order valence-corrected chi connectivity index (χ4v) is 3.55. The topological polar surface area (TPSA) is 58.1 Å². The number of carbonyl (C=O) groups is 1. The largest absolute Gasteiger partial charge is 0.316 e. The average molecular weight is 286 g/mol. The highest BCUT2D eigenvalue weighted by Crippen LogP contribution is 2.58. The molecule has 102 valence electrons. The van der Waals surface area contributed by atoms with Crippen LogP contribution in [0.2, 0.25) is 0 Å². The Bertz CT molecular complexity index is 678. The van der Waals surface area contributed by atoms with Gasteiger partial charge in [0, 0.05) is 48.3 Å². The number of amides is 1. The third kappa shape index (κ3) is 1.71. The second kappa shape index (κ2) is 4.02. The fraction of sp³-hybridized carbons (Fsp3) is 0.357. The molecule has 1 N–H and O–H groups in total. The number of hydrogen-bond acceptors (Lipinski definition) is 5. The van der Waals surface area contributed by atoms with Gasteiger partial charge in [-0.2, -0.15) is 0 Å². The maximum absolute atomic E-state index is 11.2. The molecule has 1 spiro atoms. The molecule has 0 radical (unpaired) electrons. The molecule has 1 fully saturated rings. The SMILES string of the molecule is CC(=O)Nc1cc2c(cn1)C1(CC1)CN2c1nccs1. The Kier molecular flexibility index (Phi) is 2.38. The standard InChI is InChI=1S/C14H14N4OS/c1-9(19)17-12-6-11-10(7-16-12)14(2-3-14)8-18(11)13-15-4-5-20-13/h4-7H,2-3,8H2,1H3,(H,16,17,19). The van der Waals surface area contributed by atoms with Crippen molar-refractivity contribution in [1.29, 1.82) is 0 Å². The monoisotopic (exact) mass is 286 g/mol. The maximum atomic E-state index is 11.2. The highest BCUT2D eigenvalue weighted by molar-refractivity contribution is 7.13. The summed E-state index contributed by atoms with van der Waals surface area (Å²) >= 11 is 1.64. The van der Waals surface area contributed by atoms with Gasteiger partial charge in [-0.3, -0.25) is 4.79 Å². The van der Waals surface area contributed by atoms with E-state index in [4.69, 9.17) is 0 Å². The van der Waals surface area contributed by atoms with Gasteiger partial charge < -0.3 is 10.2 Å². The van der Waals surface area contributed by atoms with Crippen molar-refractivity contribution in [3.8, 4) is 0 Å². The van der Waals surface area contributed by atoms with Crippen LogP contribution >= 0.6 is 11.3 Å². The first kappa shape index (κ1) is 11.8. The van der Waals surface area contributed by atoms with Crippen molar-refractivity contribution in [2.45, 2.75) is 25.2 Å². The number of anilines is 3. The van der Waals surface area contributed by atoms with E-state index in [-0.39, 0.29) is 11.3 Å². The van der Waals surface area contributed by atoms with Crippen LogP contribution in [-0.4, -0.2) is 22.4 Å². The Hall–Kier alpha value is -1.95. The highest BCUT2D eigenvalue weighted by Gasteiger charge is 2.52. The molecule has 0 bridgehead atoms. The molecule has 2 aromatic heterocycles. The van der Waals surface area contributed by atoms with Crippen LogP contribution < -0.4 is 10.2 Å². The van der Waals surface area contributed by atoms with E-state index in [0.29, 0.717) is 5.82 Å². The van der Waals surface area contributed by atoms with Gasteiger partial charge in [0.2, 0.25) is 5.91 Å². The van der Waals surface area contributed by atoms with Crippen LogP contribution in [0.15, 0.2) is 23.8 Å². The van der Waals surface area contributed by atoms with E-state index in [1.807, 2.05) is 23.8 Å². The third-order valence-electron chi connectivity index (χ3n) is 4.01. The number of nitrogens with zero attached hydrogens (tertiary/aromatic N) is 3. The van der Waals surface area contributed by atoms with Crippen molar-refractivity contribution in [1.82, 2.24) is 9.97 Å². The minimum Gasteiger partial charge on any atom is -0.316 e. The Morgan fingerprint density at radius 3 is 2.95 bits per heavy atom. The van der Waals surface area contributed by atoms with Gasteiger partial charge in [0.25, 0.3) is 0 Å². The second-order valence-electron chi connectivity index (χ2n) is 5.45. The molecule has 0 saturated heterocycles. The molecule has 5 nitrogen and oxygen atoms in total. The molecule has 20 heavy (non-hydrogen) atoms. The molecule has 1 saturated carbocycles. The van der Waals surface area contributed by atoms with Crippen molar-refractivity contribution in [3.63, 3.8) is 0 Å². The van der Waals surface area contributed by atoms with E-state index in [1.165, 1.54) is 25.3 Å². The first-order chi connectivity index (χ1) is 9.68.